The third-order valence-corrected chi connectivity index (χ3v) is 16.0. The number of ketones is 1. The molecule has 68 heavy (non-hydrogen) atoms. The summed E-state index contributed by atoms with van der Waals surface area (Å²) in [7, 11) is 0. The highest BCUT2D eigenvalue weighted by molar-refractivity contribution is 7.30. The number of Topliss-reactive ketones (excluding diaryl/α,β-unsaturated/α-hetero) is 1. The van der Waals surface area contributed by atoms with Crippen molar-refractivity contribution in [2.75, 3.05) is 28.7 Å². The smallest absolute Gasteiger partial charge is 0.288 e. The molecule has 0 aliphatic carbocycles. The number of anilines is 5. The quantitative estimate of drug-likeness (QED) is 0.116. The number of fused-ring (bicyclic) bond motifs is 3. The van der Waals surface area contributed by atoms with Crippen molar-refractivity contribution in [2.24, 2.45) is 0 Å². The topological polar surface area (TPSA) is 457 Å². The highest BCUT2D eigenvalue weighted by Crippen LogP contribution is 2.39. The molecule has 0 saturated carbocycles. The van der Waals surface area contributed by atoms with Crippen molar-refractivity contribution >= 4 is 125 Å². The molecule has 1 aliphatic heterocycles. The number of carbonyl (C=O) groups excluding carboxylic acids is 1. The third-order valence-electron chi connectivity index (χ3n) is 8.59. The van der Waals surface area contributed by atoms with Crippen LogP contribution in [-0.2, 0) is 21.5 Å². The summed E-state index contributed by atoms with van der Waals surface area (Å²) in [6.45, 7) is 9.79. The Hall–Kier alpha value is -6.62. The lowest BCUT2D eigenvalue weighted by Gasteiger charge is -2.31. The van der Waals surface area contributed by atoms with Crippen LogP contribution in [0.25, 0.3) is 43.5 Å². The van der Waals surface area contributed by atoms with E-state index < -0.39 is 45.6 Å². The van der Waals surface area contributed by atoms with Gasteiger partial charge in [-0.15, -0.1) is 0 Å². The van der Waals surface area contributed by atoms with E-state index in [1.165, 1.54) is 12.4 Å². The molecule has 9 rings (SSSR count). The van der Waals surface area contributed by atoms with Crippen LogP contribution in [0.1, 0.15) is 65.8 Å². The fourth-order valence-corrected chi connectivity index (χ4v) is 12.4. The molecule has 0 fully saturated rings. The Morgan fingerprint density at radius 2 is 1.04 bits per heavy atom. The monoisotopic (exact) mass is 1050 g/mol. The molecule has 9 heterocycles. The Kier molecular flexibility index (Phi) is 14.3. The number of aliphatic hydroxyl groups excluding tert-OH is 1. The number of hydrogen-bond donors (Lipinski definition) is 11. The van der Waals surface area contributed by atoms with E-state index in [-0.39, 0.29) is 63.8 Å². The lowest BCUT2D eigenvalue weighted by Crippen LogP contribution is -2.38. The van der Waals surface area contributed by atoms with Crippen molar-refractivity contribution in [1.29, 1.82) is 0 Å². The van der Waals surface area contributed by atoms with Crippen molar-refractivity contribution in [1.82, 2.24) is 49.8 Å². The molecule has 8 aromatic heterocycles. The molecular formula is C36H37N15O11S6. The molecule has 358 valence electrons. The average Bonchev–Trinajstić information content (AvgIpc) is 3.96. The summed E-state index contributed by atoms with van der Waals surface area (Å²) in [4.78, 5) is 118. The van der Waals surface area contributed by atoms with E-state index in [0.717, 1.165) is 68.0 Å². The normalized spacial score (nSPS) is 14.2. The minimum absolute atomic E-state index is 0.0271. The van der Waals surface area contributed by atoms with E-state index in [4.69, 9.17) is 33.4 Å². The summed E-state index contributed by atoms with van der Waals surface area (Å²) in [5, 5.41) is 29.7. The van der Waals surface area contributed by atoms with Gasteiger partial charge in [-0.05, 0) is 41.5 Å². The van der Waals surface area contributed by atoms with Crippen LogP contribution in [0.4, 0.5) is 29.4 Å². The Labute approximate surface area is 402 Å². The predicted octanol–water partition coefficient (Wildman–Crippen LogP) is 0.799. The van der Waals surface area contributed by atoms with Gasteiger partial charge >= 0.3 is 0 Å². The van der Waals surface area contributed by atoms with Crippen molar-refractivity contribution in [2.45, 2.75) is 64.6 Å². The molecule has 0 bridgehead atoms. The number of nitrogen functional groups attached to an aromatic ring is 5. The first-order valence-corrected chi connectivity index (χ1v) is 23.7. The number of H-pyrrole nitrogens is 3. The van der Waals surface area contributed by atoms with Gasteiger partial charge in [0.1, 0.15) is 22.7 Å². The molecular weight excluding hydrogens is 1010 g/mol. The standard InChI is InChI=1S/2C12H11N5O3S2.C8H8O4S2.C4H7N5O/c1-12(2,20)7-6(21-11(19)22-7)4-3-14-8-5(15-4)9(18)17-10(13)16-8;1-12(2,20)7-6(21-11(19)22-7)4-3-14-5-8(15-4)16-10(13)17-9(5)18;1-8(2)5-4(13-7(11)14-5)3(9)6(10)12-8;5-1-2(6)8-4(7)9-3(1)10/h3,20H,1-2H3,(H3,13,14,16,17,18);3,20H,1-2H3,(H3,13,15,16,17,18);6,10H,1-2H3;5H2,(H5,6,7,8,9,10). The highest BCUT2D eigenvalue weighted by Gasteiger charge is 2.41. The van der Waals surface area contributed by atoms with Gasteiger partial charge in [0.05, 0.1) is 52.9 Å². The minimum Gasteiger partial charge on any atom is -0.391 e. The van der Waals surface area contributed by atoms with Crippen molar-refractivity contribution < 1.29 is 24.9 Å². The Morgan fingerprint density at radius 1 is 0.588 bits per heavy atom. The summed E-state index contributed by atoms with van der Waals surface area (Å²) in [5.74, 6) is -0.692. The van der Waals surface area contributed by atoms with Gasteiger partial charge in [-0.2, -0.15) is 15.0 Å². The van der Waals surface area contributed by atoms with Crippen LogP contribution in [0.15, 0.2) is 41.2 Å². The lowest BCUT2D eigenvalue weighted by atomic mass is 10.0. The molecule has 0 amide bonds. The van der Waals surface area contributed by atoms with Crippen molar-refractivity contribution in [3.05, 3.63) is 89.5 Å². The molecule has 8 aromatic rings. The van der Waals surface area contributed by atoms with Gasteiger partial charge in [0.2, 0.25) is 29.9 Å². The predicted molar refractivity (Wildman–Crippen MR) is 261 cm³/mol. The number of nitrogens with two attached hydrogens (primary N) is 5. The molecule has 0 saturated heterocycles. The Balaban J connectivity index is 0.000000156. The number of nitrogens with one attached hydrogen (secondary N) is 3. The fraction of sp³-hybridized carbons (Fsp3) is 0.278. The van der Waals surface area contributed by atoms with Crippen molar-refractivity contribution in [3.8, 4) is 21.1 Å². The zero-order valence-electron chi connectivity index (χ0n) is 35.8. The van der Waals surface area contributed by atoms with Gasteiger partial charge in [-0.25, -0.2) is 19.9 Å². The van der Waals surface area contributed by atoms with Crippen LogP contribution in [0.5, 0.6) is 0 Å². The number of nitrogens with zero attached hydrogens (tertiary/aromatic N) is 7. The summed E-state index contributed by atoms with van der Waals surface area (Å²) >= 11 is 5.72. The zero-order valence-corrected chi connectivity index (χ0v) is 40.7. The van der Waals surface area contributed by atoms with Gasteiger partial charge in [-0.3, -0.25) is 48.5 Å². The molecule has 0 radical (unpaired) electrons. The number of aliphatic hydroxyl groups is 3. The first kappa shape index (κ1) is 50.8. The SMILES string of the molecule is CC(C)(O)c1sc(=O)sc1-c1cnc2c(=O)[nH]c(N)nc2n1.CC(C)(O)c1sc(=O)sc1-c1cnc2nc(N)[nH]c(=O)c2n1.CC1(C)OC(O)C(=O)c2sc(=O)sc21.Nc1nc(N)c(N)c(=O)[nH]1. The summed E-state index contributed by atoms with van der Waals surface area (Å²) < 4.78 is 4.64. The number of aromatic nitrogens is 10. The van der Waals surface area contributed by atoms with Crippen LogP contribution in [0, 0.1) is 0 Å². The van der Waals surface area contributed by atoms with E-state index in [2.05, 4.69) is 49.8 Å². The maximum Gasteiger partial charge on any atom is 0.288 e. The van der Waals surface area contributed by atoms with Gasteiger partial charge in [-0.1, -0.05) is 68.0 Å². The Bertz CT molecular complexity index is 3610. The number of carbonyl (C=O) groups is 1. The second-order valence-corrected chi connectivity index (χ2v) is 22.0. The van der Waals surface area contributed by atoms with Gasteiger partial charge < -0.3 is 48.7 Å². The third kappa shape index (κ3) is 11.2. The molecule has 0 aromatic carbocycles. The minimum atomic E-state index is -1.44. The van der Waals surface area contributed by atoms with E-state index in [9.17, 15) is 48.9 Å². The first-order valence-electron chi connectivity index (χ1n) is 18.8. The lowest BCUT2D eigenvalue weighted by molar-refractivity contribution is -0.155. The number of ether oxygens (including phenoxy) is 1. The number of hydrogen-bond acceptors (Lipinski definition) is 29. The number of aromatic amines is 3. The van der Waals surface area contributed by atoms with Gasteiger partial charge in [0, 0.05) is 0 Å². The summed E-state index contributed by atoms with van der Waals surface area (Å²) in [5.41, 5.74) is 22.7. The van der Waals surface area contributed by atoms with E-state index in [1.807, 2.05) is 0 Å². The van der Waals surface area contributed by atoms with Crippen LogP contribution in [0.3, 0.4) is 0 Å². The summed E-state index contributed by atoms with van der Waals surface area (Å²) in [6, 6.07) is 0. The molecule has 1 atom stereocenters. The van der Waals surface area contributed by atoms with Crippen molar-refractivity contribution in [3.63, 3.8) is 0 Å². The van der Waals surface area contributed by atoms with E-state index in [0.29, 0.717) is 40.7 Å². The maximum absolute atomic E-state index is 11.9. The number of rotatable bonds is 4. The van der Waals surface area contributed by atoms with E-state index in [1.54, 1.807) is 41.5 Å². The van der Waals surface area contributed by atoms with Crippen LogP contribution in [0.2, 0.25) is 0 Å². The zero-order chi connectivity index (χ0) is 50.4. The van der Waals surface area contributed by atoms with Crippen LogP contribution >= 0.6 is 68.0 Å². The highest BCUT2D eigenvalue weighted by atomic mass is 32.2. The molecule has 32 heteroatoms. The van der Waals surface area contributed by atoms with Gasteiger partial charge in [0.15, 0.2) is 28.1 Å². The van der Waals surface area contributed by atoms with Crippen LogP contribution in [-0.4, -0.2) is 77.2 Å². The largest absolute Gasteiger partial charge is 0.391 e. The maximum atomic E-state index is 11.9. The van der Waals surface area contributed by atoms with Crippen LogP contribution < -0.4 is 57.5 Å². The second kappa shape index (κ2) is 19.2. The molecule has 16 N–H and O–H groups in total. The molecule has 0 spiro atoms. The molecule has 26 nitrogen and oxygen atoms in total. The second-order valence-electron chi connectivity index (χ2n) is 15.3. The van der Waals surface area contributed by atoms with Gasteiger partial charge in [0.25, 0.3) is 28.8 Å². The Morgan fingerprint density at radius 3 is 1.59 bits per heavy atom. The fourth-order valence-electron chi connectivity index (χ4n) is 5.65. The molecule has 1 aliphatic rings. The average molecular weight is 1050 g/mol. The molecule has 1 unspecified atom stereocenters. The summed E-state index contributed by atoms with van der Waals surface area (Å²) in [6.07, 6.45) is 1.34. The first-order chi connectivity index (χ1) is 31.5. The van der Waals surface area contributed by atoms with E-state index >= 15 is 0 Å².